The molecular weight excluding hydrogens is 277 g/mol. The molecular formula is C12H15ClFNS2. The van der Waals surface area contributed by atoms with Crippen molar-refractivity contribution in [2.45, 2.75) is 11.8 Å². The van der Waals surface area contributed by atoms with E-state index in [2.05, 4.69) is 5.32 Å². The van der Waals surface area contributed by atoms with Gasteiger partial charge < -0.3 is 5.32 Å². The fourth-order valence-corrected chi connectivity index (χ4v) is 4.59. The Kier molecular flexibility index (Phi) is 5.48. The molecule has 1 unspecified atom stereocenters. The zero-order valence-corrected chi connectivity index (χ0v) is 11.8. The minimum Gasteiger partial charge on any atom is -0.311 e. The van der Waals surface area contributed by atoms with Gasteiger partial charge in [-0.3, -0.25) is 0 Å². The summed E-state index contributed by atoms with van der Waals surface area (Å²) in [7, 11) is 0. The minimum absolute atomic E-state index is 0.226. The maximum absolute atomic E-state index is 13.5. The van der Waals surface area contributed by atoms with Gasteiger partial charge in [0.1, 0.15) is 5.82 Å². The number of thioether (sulfide) groups is 2. The minimum atomic E-state index is -0.226. The second kappa shape index (κ2) is 6.88. The Morgan fingerprint density at radius 2 is 2.29 bits per heavy atom. The first-order valence-electron chi connectivity index (χ1n) is 5.60. The van der Waals surface area contributed by atoms with Gasteiger partial charge in [0.15, 0.2) is 0 Å². The number of halogens is 2. The van der Waals surface area contributed by atoms with Crippen molar-refractivity contribution in [1.29, 1.82) is 0 Å². The van der Waals surface area contributed by atoms with Crippen molar-refractivity contribution in [3.05, 3.63) is 34.6 Å². The van der Waals surface area contributed by atoms with Crippen molar-refractivity contribution in [3.8, 4) is 0 Å². The molecule has 0 radical (unpaired) electrons. The molecule has 1 aliphatic rings. The van der Waals surface area contributed by atoms with E-state index >= 15 is 0 Å². The Morgan fingerprint density at radius 1 is 1.41 bits per heavy atom. The average Bonchev–Trinajstić information content (AvgIpc) is 2.34. The summed E-state index contributed by atoms with van der Waals surface area (Å²) < 4.78 is 13.5. The number of benzene rings is 1. The molecule has 5 heteroatoms. The summed E-state index contributed by atoms with van der Waals surface area (Å²) >= 11 is 9.95. The molecule has 17 heavy (non-hydrogen) atoms. The molecule has 0 spiro atoms. The molecule has 0 saturated carbocycles. The van der Waals surface area contributed by atoms with E-state index in [1.54, 1.807) is 12.1 Å². The summed E-state index contributed by atoms with van der Waals surface area (Å²) in [5, 5.41) is 4.44. The highest BCUT2D eigenvalue weighted by Gasteiger charge is 2.14. The molecule has 1 aromatic rings. The fourth-order valence-electron chi connectivity index (χ4n) is 1.71. The van der Waals surface area contributed by atoms with E-state index in [1.807, 2.05) is 23.5 Å². The van der Waals surface area contributed by atoms with Crippen molar-refractivity contribution in [2.24, 2.45) is 0 Å². The van der Waals surface area contributed by atoms with Crippen molar-refractivity contribution < 1.29 is 4.39 Å². The molecule has 0 bridgehead atoms. The van der Waals surface area contributed by atoms with Crippen LogP contribution in [0.1, 0.15) is 5.56 Å². The van der Waals surface area contributed by atoms with E-state index in [0.29, 0.717) is 22.4 Å². The molecule has 1 nitrogen and oxygen atoms in total. The van der Waals surface area contributed by atoms with Crippen molar-refractivity contribution in [3.63, 3.8) is 0 Å². The first-order chi connectivity index (χ1) is 8.27. The van der Waals surface area contributed by atoms with Gasteiger partial charge in [0.05, 0.1) is 0 Å². The van der Waals surface area contributed by atoms with E-state index in [1.165, 1.54) is 23.3 Å². The second-order valence-electron chi connectivity index (χ2n) is 3.90. The summed E-state index contributed by atoms with van der Waals surface area (Å²) in [5.74, 6) is 3.43. The summed E-state index contributed by atoms with van der Waals surface area (Å²) in [6, 6.07) is 4.82. The first-order valence-corrected chi connectivity index (χ1v) is 8.18. The van der Waals surface area contributed by atoms with Gasteiger partial charge in [0, 0.05) is 46.2 Å². The van der Waals surface area contributed by atoms with Gasteiger partial charge in [-0.15, -0.1) is 0 Å². The SMILES string of the molecule is Fc1cccc(Cl)c1CNCC1CSCCS1. The van der Waals surface area contributed by atoms with Crippen LogP contribution < -0.4 is 5.32 Å². The van der Waals surface area contributed by atoms with E-state index in [0.717, 1.165) is 6.54 Å². The van der Waals surface area contributed by atoms with Crippen LogP contribution in [-0.4, -0.2) is 29.1 Å². The number of rotatable bonds is 4. The van der Waals surface area contributed by atoms with Crippen LogP contribution in [0, 0.1) is 5.82 Å². The van der Waals surface area contributed by atoms with Crippen LogP contribution in [0.2, 0.25) is 5.02 Å². The maximum atomic E-state index is 13.5. The molecule has 0 aromatic heterocycles. The summed E-state index contributed by atoms with van der Waals surface area (Å²) in [5.41, 5.74) is 0.572. The van der Waals surface area contributed by atoms with E-state index in [9.17, 15) is 4.39 Å². The Bertz CT molecular complexity index is 349. The zero-order valence-electron chi connectivity index (χ0n) is 9.42. The Hall–Kier alpha value is 0.1000. The molecule has 1 aliphatic heterocycles. The predicted octanol–water partition coefficient (Wildman–Crippen LogP) is 3.42. The van der Waals surface area contributed by atoms with Crippen LogP contribution in [0.3, 0.4) is 0 Å². The van der Waals surface area contributed by atoms with Gasteiger partial charge in [0.25, 0.3) is 0 Å². The molecule has 1 fully saturated rings. The lowest BCUT2D eigenvalue weighted by Crippen LogP contribution is -2.29. The monoisotopic (exact) mass is 291 g/mol. The van der Waals surface area contributed by atoms with Gasteiger partial charge >= 0.3 is 0 Å². The van der Waals surface area contributed by atoms with Gasteiger partial charge in [-0.2, -0.15) is 23.5 Å². The lowest BCUT2D eigenvalue weighted by atomic mass is 10.2. The van der Waals surface area contributed by atoms with Crippen LogP contribution in [0.15, 0.2) is 18.2 Å². The van der Waals surface area contributed by atoms with Crippen LogP contribution in [0.5, 0.6) is 0 Å². The summed E-state index contributed by atoms with van der Waals surface area (Å²) in [6.07, 6.45) is 0. The third-order valence-electron chi connectivity index (χ3n) is 2.62. The summed E-state index contributed by atoms with van der Waals surface area (Å²) in [4.78, 5) is 0. The van der Waals surface area contributed by atoms with Crippen molar-refractivity contribution in [1.82, 2.24) is 5.32 Å². The Labute approximate surface area is 115 Å². The number of nitrogens with one attached hydrogen (secondary N) is 1. The molecule has 1 heterocycles. The van der Waals surface area contributed by atoms with Crippen LogP contribution in [0.25, 0.3) is 0 Å². The topological polar surface area (TPSA) is 12.0 Å². The van der Waals surface area contributed by atoms with Gasteiger partial charge in [-0.25, -0.2) is 4.39 Å². The molecule has 1 atom stereocenters. The van der Waals surface area contributed by atoms with E-state index in [-0.39, 0.29) is 5.82 Å². The van der Waals surface area contributed by atoms with Crippen LogP contribution in [0.4, 0.5) is 4.39 Å². The summed E-state index contributed by atoms with van der Waals surface area (Å²) in [6.45, 7) is 1.43. The van der Waals surface area contributed by atoms with Gasteiger partial charge in [-0.05, 0) is 12.1 Å². The molecule has 1 saturated heterocycles. The fraction of sp³-hybridized carbons (Fsp3) is 0.500. The normalized spacial score (nSPS) is 20.5. The Balaban J connectivity index is 1.81. The second-order valence-corrected chi connectivity index (χ2v) is 6.86. The third-order valence-corrected chi connectivity index (χ3v) is 5.82. The quantitative estimate of drug-likeness (QED) is 0.913. The number of hydrogen-bond donors (Lipinski definition) is 1. The van der Waals surface area contributed by atoms with Crippen molar-refractivity contribution in [2.75, 3.05) is 23.8 Å². The smallest absolute Gasteiger partial charge is 0.129 e. The Morgan fingerprint density at radius 3 is 3.00 bits per heavy atom. The lowest BCUT2D eigenvalue weighted by molar-refractivity contribution is 0.588. The molecule has 0 aliphatic carbocycles. The highest BCUT2D eigenvalue weighted by atomic mass is 35.5. The van der Waals surface area contributed by atoms with E-state index < -0.39 is 0 Å². The molecule has 94 valence electrons. The molecule has 2 rings (SSSR count). The standard InChI is InChI=1S/C12H15ClFNS2/c13-11-2-1-3-12(14)10(11)7-15-6-9-8-16-4-5-17-9/h1-3,9,15H,4-8H2. The van der Waals surface area contributed by atoms with Gasteiger partial charge in [-0.1, -0.05) is 17.7 Å². The molecule has 1 N–H and O–H groups in total. The predicted molar refractivity (Wildman–Crippen MR) is 76.7 cm³/mol. The number of hydrogen-bond acceptors (Lipinski definition) is 3. The largest absolute Gasteiger partial charge is 0.311 e. The van der Waals surface area contributed by atoms with Crippen LogP contribution >= 0.6 is 35.1 Å². The lowest BCUT2D eigenvalue weighted by Gasteiger charge is -2.21. The molecule has 0 amide bonds. The maximum Gasteiger partial charge on any atom is 0.129 e. The van der Waals surface area contributed by atoms with Crippen molar-refractivity contribution >= 4 is 35.1 Å². The van der Waals surface area contributed by atoms with Gasteiger partial charge in [0.2, 0.25) is 0 Å². The highest BCUT2D eigenvalue weighted by molar-refractivity contribution is 8.06. The zero-order chi connectivity index (χ0) is 12.1. The highest BCUT2D eigenvalue weighted by Crippen LogP contribution is 2.24. The van der Waals surface area contributed by atoms with E-state index in [4.69, 9.17) is 11.6 Å². The van der Waals surface area contributed by atoms with Crippen LogP contribution in [-0.2, 0) is 6.54 Å². The third kappa shape index (κ3) is 4.05. The average molecular weight is 292 g/mol. The first kappa shape index (κ1) is 13.5. The molecule has 1 aromatic carbocycles.